The molecule has 0 bridgehead atoms. The van der Waals surface area contributed by atoms with Crippen LogP contribution < -0.4 is 5.32 Å². The van der Waals surface area contributed by atoms with Gasteiger partial charge in [0.25, 0.3) is 0 Å². The van der Waals surface area contributed by atoms with Crippen molar-refractivity contribution in [2.45, 2.75) is 25.8 Å². The highest BCUT2D eigenvalue weighted by Crippen LogP contribution is 2.40. The van der Waals surface area contributed by atoms with Crippen LogP contribution in [0.2, 0.25) is 0 Å². The van der Waals surface area contributed by atoms with E-state index in [1.54, 1.807) is 12.1 Å². The number of carboxylic acids is 1. The van der Waals surface area contributed by atoms with Crippen molar-refractivity contribution >= 4 is 5.97 Å². The topological polar surface area (TPSA) is 49.3 Å². The van der Waals surface area contributed by atoms with Crippen LogP contribution in [0.1, 0.15) is 24.8 Å². The number of hydrogen-bond acceptors (Lipinski definition) is 2. The van der Waals surface area contributed by atoms with Crippen LogP contribution in [0, 0.1) is 11.2 Å². The number of carbonyl (C=O) groups is 1. The summed E-state index contributed by atoms with van der Waals surface area (Å²) in [6.45, 7) is 1.06. The molecule has 2 rings (SSSR count). The Bertz CT molecular complexity index is 398. The molecule has 0 amide bonds. The van der Waals surface area contributed by atoms with Gasteiger partial charge in [-0.15, -0.1) is 0 Å². The molecule has 0 aromatic heterocycles. The van der Waals surface area contributed by atoms with Crippen molar-refractivity contribution < 1.29 is 14.3 Å². The summed E-state index contributed by atoms with van der Waals surface area (Å²) in [6.07, 6.45) is 2.49. The van der Waals surface area contributed by atoms with E-state index >= 15 is 0 Å². The molecule has 1 saturated carbocycles. The Morgan fingerprint density at radius 3 is 2.47 bits per heavy atom. The Morgan fingerprint density at radius 1 is 1.35 bits per heavy atom. The van der Waals surface area contributed by atoms with Crippen LogP contribution in [-0.2, 0) is 11.3 Å². The fraction of sp³-hybridized carbons (Fsp3) is 0.462. The van der Waals surface area contributed by atoms with Gasteiger partial charge in [0.05, 0.1) is 5.41 Å². The highest BCUT2D eigenvalue weighted by Gasteiger charge is 2.43. The second-order valence-electron chi connectivity index (χ2n) is 4.67. The molecule has 0 saturated heterocycles. The lowest BCUT2D eigenvalue weighted by Crippen LogP contribution is -2.45. The van der Waals surface area contributed by atoms with Crippen LogP contribution in [-0.4, -0.2) is 17.6 Å². The van der Waals surface area contributed by atoms with Crippen molar-refractivity contribution in [1.82, 2.24) is 5.32 Å². The number of rotatable bonds is 5. The quantitative estimate of drug-likeness (QED) is 0.825. The Labute approximate surface area is 99.7 Å². The zero-order chi connectivity index (χ0) is 12.3. The summed E-state index contributed by atoms with van der Waals surface area (Å²) in [5.74, 6) is -0.967. The average Bonchev–Trinajstić information content (AvgIpc) is 2.24. The molecule has 1 fully saturated rings. The molecule has 3 nitrogen and oxygen atoms in total. The predicted molar refractivity (Wildman–Crippen MR) is 62.0 cm³/mol. The largest absolute Gasteiger partial charge is 0.481 e. The molecule has 92 valence electrons. The van der Waals surface area contributed by atoms with E-state index < -0.39 is 11.4 Å². The van der Waals surface area contributed by atoms with Gasteiger partial charge in [-0.25, -0.2) is 4.39 Å². The van der Waals surface area contributed by atoms with Gasteiger partial charge in [-0.2, -0.15) is 0 Å². The van der Waals surface area contributed by atoms with Crippen molar-refractivity contribution in [2.24, 2.45) is 5.41 Å². The highest BCUT2D eigenvalue weighted by atomic mass is 19.1. The van der Waals surface area contributed by atoms with Crippen LogP contribution in [0.15, 0.2) is 24.3 Å². The first kappa shape index (κ1) is 12.0. The van der Waals surface area contributed by atoms with Gasteiger partial charge < -0.3 is 10.4 Å². The molecule has 17 heavy (non-hydrogen) atoms. The van der Waals surface area contributed by atoms with Gasteiger partial charge in [-0.05, 0) is 30.5 Å². The van der Waals surface area contributed by atoms with Crippen LogP contribution >= 0.6 is 0 Å². The predicted octanol–water partition coefficient (Wildman–Crippen LogP) is 2.17. The van der Waals surface area contributed by atoms with E-state index in [9.17, 15) is 9.18 Å². The van der Waals surface area contributed by atoms with Crippen molar-refractivity contribution in [3.8, 4) is 0 Å². The van der Waals surface area contributed by atoms with E-state index in [1.807, 2.05) is 0 Å². The molecule has 2 N–H and O–H groups in total. The van der Waals surface area contributed by atoms with Gasteiger partial charge in [0.2, 0.25) is 0 Å². The lowest BCUT2D eigenvalue weighted by molar-refractivity contribution is -0.154. The molecular formula is C13H16FNO2. The van der Waals surface area contributed by atoms with Crippen LogP contribution in [0.3, 0.4) is 0 Å². The summed E-state index contributed by atoms with van der Waals surface area (Å²) in [5, 5.41) is 12.3. The van der Waals surface area contributed by atoms with Crippen LogP contribution in [0.5, 0.6) is 0 Å². The minimum atomic E-state index is -0.713. The first-order valence-electron chi connectivity index (χ1n) is 5.81. The molecule has 0 atom stereocenters. The second kappa shape index (κ2) is 4.84. The molecule has 1 aromatic rings. The summed E-state index contributed by atoms with van der Waals surface area (Å²) < 4.78 is 12.7. The Morgan fingerprint density at radius 2 is 2.00 bits per heavy atom. The van der Waals surface area contributed by atoms with E-state index in [-0.39, 0.29) is 5.82 Å². The van der Waals surface area contributed by atoms with E-state index in [0.29, 0.717) is 13.1 Å². The molecule has 4 heteroatoms. The number of carboxylic acid groups (broad SMARTS) is 1. The molecule has 0 heterocycles. The molecular weight excluding hydrogens is 221 g/mol. The molecule has 1 aromatic carbocycles. The number of aliphatic carboxylic acids is 1. The third-order valence-corrected chi connectivity index (χ3v) is 3.47. The molecule has 0 spiro atoms. The van der Waals surface area contributed by atoms with Gasteiger partial charge in [-0.3, -0.25) is 4.79 Å². The average molecular weight is 237 g/mol. The minimum absolute atomic E-state index is 0.255. The monoisotopic (exact) mass is 237 g/mol. The lowest BCUT2D eigenvalue weighted by atomic mass is 9.69. The van der Waals surface area contributed by atoms with Crippen molar-refractivity contribution in [1.29, 1.82) is 0 Å². The molecule has 1 aliphatic carbocycles. The number of benzene rings is 1. The first-order chi connectivity index (χ1) is 8.12. The first-order valence-corrected chi connectivity index (χ1v) is 5.81. The zero-order valence-electron chi connectivity index (χ0n) is 9.58. The zero-order valence-corrected chi connectivity index (χ0v) is 9.58. The third kappa shape index (κ3) is 2.64. The maximum absolute atomic E-state index is 12.7. The Hall–Kier alpha value is -1.42. The fourth-order valence-electron chi connectivity index (χ4n) is 2.12. The number of hydrogen-bond donors (Lipinski definition) is 2. The summed E-state index contributed by atoms with van der Waals surface area (Å²) >= 11 is 0. The Balaban J connectivity index is 1.83. The molecule has 0 radical (unpaired) electrons. The van der Waals surface area contributed by atoms with E-state index in [1.165, 1.54) is 12.1 Å². The summed E-state index contributed by atoms with van der Waals surface area (Å²) in [7, 11) is 0. The maximum atomic E-state index is 12.7. The summed E-state index contributed by atoms with van der Waals surface area (Å²) in [5.41, 5.74) is 0.395. The summed E-state index contributed by atoms with van der Waals surface area (Å²) in [4.78, 5) is 11.1. The fourth-order valence-corrected chi connectivity index (χ4v) is 2.12. The van der Waals surface area contributed by atoms with Gasteiger partial charge in [0, 0.05) is 13.1 Å². The van der Waals surface area contributed by atoms with E-state index in [4.69, 9.17) is 5.11 Å². The summed E-state index contributed by atoms with van der Waals surface area (Å²) in [6, 6.07) is 6.23. The van der Waals surface area contributed by atoms with Crippen LogP contribution in [0.25, 0.3) is 0 Å². The van der Waals surface area contributed by atoms with E-state index in [2.05, 4.69) is 5.32 Å². The van der Waals surface area contributed by atoms with Crippen molar-refractivity contribution in [3.63, 3.8) is 0 Å². The van der Waals surface area contributed by atoms with Crippen LogP contribution in [0.4, 0.5) is 4.39 Å². The van der Waals surface area contributed by atoms with E-state index in [0.717, 1.165) is 24.8 Å². The standard InChI is InChI=1S/C13H16FNO2/c14-11-4-2-10(3-5-11)8-15-9-13(12(16)17)6-1-7-13/h2-5,15H,1,6-9H2,(H,16,17). The van der Waals surface area contributed by atoms with Gasteiger partial charge in [-0.1, -0.05) is 18.6 Å². The maximum Gasteiger partial charge on any atom is 0.310 e. The number of nitrogens with one attached hydrogen (secondary N) is 1. The van der Waals surface area contributed by atoms with Crippen molar-refractivity contribution in [3.05, 3.63) is 35.6 Å². The molecule has 0 unspecified atom stereocenters. The number of halogens is 1. The normalized spacial score (nSPS) is 17.5. The SMILES string of the molecule is O=C(O)C1(CNCc2ccc(F)cc2)CCC1. The van der Waals surface area contributed by atoms with Crippen molar-refractivity contribution in [2.75, 3.05) is 6.54 Å². The third-order valence-electron chi connectivity index (χ3n) is 3.47. The molecule has 1 aliphatic rings. The van der Waals surface area contributed by atoms with Gasteiger partial charge in [0.1, 0.15) is 5.82 Å². The molecule has 0 aliphatic heterocycles. The Kier molecular flexibility index (Phi) is 3.43. The lowest BCUT2D eigenvalue weighted by Gasteiger charge is -2.37. The minimum Gasteiger partial charge on any atom is -0.481 e. The van der Waals surface area contributed by atoms with Gasteiger partial charge >= 0.3 is 5.97 Å². The smallest absolute Gasteiger partial charge is 0.310 e. The highest BCUT2D eigenvalue weighted by molar-refractivity contribution is 5.76. The second-order valence-corrected chi connectivity index (χ2v) is 4.67. The van der Waals surface area contributed by atoms with Gasteiger partial charge in [0.15, 0.2) is 0 Å².